The molecule has 2 aromatic carbocycles. The Kier molecular flexibility index (Phi) is 6.49. The van der Waals surface area contributed by atoms with E-state index in [1.165, 1.54) is 17.5 Å². The molecule has 1 aliphatic heterocycles. The van der Waals surface area contributed by atoms with Crippen molar-refractivity contribution in [2.24, 2.45) is 5.92 Å². The number of benzene rings is 2. The van der Waals surface area contributed by atoms with Gasteiger partial charge in [-0.1, -0.05) is 54.6 Å². The van der Waals surface area contributed by atoms with E-state index in [1.54, 1.807) is 4.52 Å². The van der Waals surface area contributed by atoms with Crippen molar-refractivity contribution in [2.75, 3.05) is 31.5 Å². The molecule has 1 aliphatic carbocycles. The second-order valence-electron chi connectivity index (χ2n) is 9.98. The van der Waals surface area contributed by atoms with Crippen molar-refractivity contribution in [1.82, 2.24) is 24.4 Å². The Bertz CT molecular complexity index is 1330. The van der Waals surface area contributed by atoms with Crippen molar-refractivity contribution in [2.45, 2.75) is 32.4 Å². The molecule has 7 nitrogen and oxygen atoms in total. The van der Waals surface area contributed by atoms with Gasteiger partial charge in [0.2, 0.25) is 11.9 Å². The second-order valence-corrected chi connectivity index (χ2v) is 9.98. The molecule has 1 saturated carbocycles. The summed E-state index contributed by atoms with van der Waals surface area (Å²) in [5.74, 6) is 0.520. The van der Waals surface area contributed by atoms with Crippen LogP contribution in [-0.2, 0) is 17.9 Å². The summed E-state index contributed by atoms with van der Waals surface area (Å²) >= 11 is 0. The molecule has 0 spiro atoms. The van der Waals surface area contributed by atoms with E-state index in [2.05, 4.69) is 85.9 Å². The zero-order valence-corrected chi connectivity index (χ0v) is 20.5. The summed E-state index contributed by atoms with van der Waals surface area (Å²) in [6.45, 7) is 6.46. The Balaban J connectivity index is 1.10. The fourth-order valence-corrected chi connectivity index (χ4v) is 4.97. The minimum absolute atomic E-state index is 0.0218. The third kappa shape index (κ3) is 5.32. The molecule has 36 heavy (non-hydrogen) atoms. The molecular weight excluding hydrogens is 448 g/mol. The maximum Gasteiger partial charge on any atom is 0.249 e. The number of nitrogens with zero attached hydrogens (tertiary/aromatic N) is 5. The lowest BCUT2D eigenvalue weighted by molar-refractivity contribution is -0.117. The van der Waals surface area contributed by atoms with Gasteiger partial charge in [0.05, 0.1) is 0 Å². The van der Waals surface area contributed by atoms with Crippen LogP contribution in [-0.4, -0.2) is 56.5 Å². The highest BCUT2D eigenvalue weighted by Crippen LogP contribution is 2.30. The number of hydrogen-bond donors (Lipinski definition) is 1. The average molecular weight is 481 g/mol. The van der Waals surface area contributed by atoms with E-state index >= 15 is 0 Å². The maximum atomic E-state index is 12.1. The Morgan fingerprint density at radius 2 is 1.53 bits per heavy atom. The molecule has 2 fully saturated rings. The summed E-state index contributed by atoms with van der Waals surface area (Å²) in [6, 6.07) is 23.6. The van der Waals surface area contributed by atoms with E-state index in [9.17, 15) is 4.79 Å². The van der Waals surface area contributed by atoms with E-state index in [0.29, 0.717) is 5.95 Å². The molecule has 0 radical (unpaired) electrons. The van der Waals surface area contributed by atoms with E-state index in [1.807, 2.05) is 12.3 Å². The smallest absolute Gasteiger partial charge is 0.249 e. The van der Waals surface area contributed by atoms with Crippen LogP contribution in [0.3, 0.4) is 0 Å². The standard InChI is InChI=1S/C29H32N6O/c36-28(25-13-14-25)31-29-30-27-26(8-4-17-35(27)32-29)24-11-9-23(10-12-24)21-34-16-5-15-33(18-19-34)20-22-6-2-1-3-7-22/h1-4,6-12,17,25H,5,13-16,18-21H2,(H,31,32,36). The van der Waals surface area contributed by atoms with Crippen LogP contribution >= 0.6 is 0 Å². The number of carbonyl (C=O) groups excluding carboxylic acids is 1. The lowest BCUT2D eigenvalue weighted by Crippen LogP contribution is -2.30. The van der Waals surface area contributed by atoms with Crippen LogP contribution in [0.4, 0.5) is 5.95 Å². The first-order chi connectivity index (χ1) is 17.7. The maximum absolute atomic E-state index is 12.1. The Hall–Kier alpha value is -3.55. The van der Waals surface area contributed by atoms with E-state index in [-0.39, 0.29) is 11.8 Å². The van der Waals surface area contributed by atoms with Crippen LogP contribution < -0.4 is 5.32 Å². The topological polar surface area (TPSA) is 65.8 Å². The van der Waals surface area contributed by atoms with Gasteiger partial charge in [-0.25, -0.2) is 4.52 Å². The Morgan fingerprint density at radius 3 is 2.22 bits per heavy atom. The molecule has 4 aromatic rings. The van der Waals surface area contributed by atoms with Crippen LogP contribution in [0.15, 0.2) is 72.9 Å². The molecule has 184 valence electrons. The van der Waals surface area contributed by atoms with Gasteiger partial charge in [0.1, 0.15) is 0 Å². The van der Waals surface area contributed by atoms with Crippen LogP contribution in [0.2, 0.25) is 0 Å². The molecular formula is C29H32N6O. The number of nitrogens with one attached hydrogen (secondary N) is 1. The van der Waals surface area contributed by atoms with Gasteiger partial charge >= 0.3 is 0 Å². The van der Waals surface area contributed by atoms with E-state index in [4.69, 9.17) is 0 Å². The third-order valence-corrected chi connectivity index (χ3v) is 7.15. The first-order valence-corrected chi connectivity index (χ1v) is 13.0. The zero-order valence-electron chi connectivity index (χ0n) is 20.5. The van der Waals surface area contributed by atoms with Crippen molar-refractivity contribution < 1.29 is 4.79 Å². The van der Waals surface area contributed by atoms with Gasteiger partial charge in [0.15, 0.2) is 5.65 Å². The second kappa shape index (κ2) is 10.2. The summed E-state index contributed by atoms with van der Waals surface area (Å²) in [7, 11) is 0. The van der Waals surface area contributed by atoms with Gasteiger partial charge in [-0.3, -0.25) is 19.9 Å². The Labute approximate surface area is 211 Å². The van der Waals surface area contributed by atoms with Crippen molar-refractivity contribution in [3.8, 4) is 11.1 Å². The summed E-state index contributed by atoms with van der Waals surface area (Å²) in [5, 5.41) is 7.31. The molecule has 1 saturated heterocycles. The number of carbonyl (C=O) groups is 1. The summed E-state index contributed by atoms with van der Waals surface area (Å²) in [5.41, 5.74) is 5.57. The number of fused-ring (bicyclic) bond motifs is 1. The largest absolute Gasteiger partial charge is 0.298 e. The number of amides is 1. The van der Waals surface area contributed by atoms with Crippen LogP contribution in [0.25, 0.3) is 16.8 Å². The molecule has 2 aromatic heterocycles. The SMILES string of the molecule is O=C(Nc1nc2c(-c3ccc(CN4CCCN(Cc5ccccc5)CC4)cc3)cccn2n1)C1CC1. The van der Waals surface area contributed by atoms with Crippen molar-refractivity contribution in [3.63, 3.8) is 0 Å². The van der Waals surface area contributed by atoms with Crippen molar-refractivity contribution in [3.05, 3.63) is 84.1 Å². The number of rotatable bonds is 7. The predicted molar refractivity (Wildman–Crippen MR) is 141 cm³/mol. The highest BCUT2D eigenvalue weighted by atomic mass is 16.2. The predicted octanol–water partition coefficient (Wildman–Crippen LogP) is 4.45. The van der Waals surface area contributed by atoms with Gasteiger partial charge in [0, 0.05) is 43.9 Å². The molecule has 0 atom stereocenters. The van der Waals surface area contributed by atoms with E-state index in [0.717, 1.165) is 68.9 Å². The van der Waals surface area contributed by atoms with Crippen molar-refractivity contribution >= 4 is 17.5 Å². The van der Waals surface area contributed by atoms with Crippen LogP contribution in [0.5, 0.6) is 0 Å². The van der Waals surface area contributed by atoms with Crippen LogP contribution in [0, 0.1) is 5.92 Å². The van der Waals surface area contributed by atoms with Gasteiger partial charge < -0.3 is 0 Å². The average Bonchev–Trinajstić information content (AvgIpc) is 3.70. The first-order valence-electron chi connectivity index (χ1n) is 13.0. The first kappa shape index (κ1) is 22.9. The lowest BCUT2D eigenvalue weighted by Gasteiger charge is -2.22. The summed E-state index contributed by atoms with van der Waals surface area (Å²) < 4.78 is 1.74. The number of pyridine rings is 1. The Morgan fingerprint density at radius 1 is 0.833 bits per heavy atom. The van der Waals surface area contributed by atoms with Gasteiger partial charge in [-0.05, 0) is 61.2 Å². The molecule has 6 rings (SSSR count). The van der Waals surface area contributed by atoms with Crippen LogP contribution in [0.1, 0.15) is 30.4 Å². The normalized spacial score (nSPS) is 17.2. The number of anilines is 1. The summed E-state index contributed by atoms with van der Waals surface area (Å²) in [6.07, 6.45) is 4.98. The third-order valence-electron chi connectivity index (χ3n) is 7.15. The number of aromatic nitrogens is 3. The van der Waals surface area contributed by atoms with E-state index < -0.39 is 0 Å². The quantitative estimate of drug-likeness (QED) is 0.423. The minimum Gasteiger partial charge on any atom is -0.298 e. The molecule has 1 N–H and O–H groups in total. The van der Waals surface area contributed by atoms with Gasteiger partial charge in [-0.15, -0.1) is 5.10 Å². The number of hydrogen-bond acceptors (Lipinski definition) is 5. The monoisotopic (exact) mass is 480 g/mol. The fourth-order valence-electron chi connectivity index (χ4n) is 4.97. The fraction of sp³-hybridized carbons (Fsp3) is 0.345. The molecule has 7 heteroatoms. The van der Waals surface area contributed by atoms with Gasteiger partial charge in [0.25, 0.3) is 0 Å². The van der Waals surface area contributed by atoms with Crippen molar-refractivity contribution in [1.29, 1.82) is 0 Å². The molecule has 0 bridgehead atoms. The molecule has 2 aliphatic rings. The molecule has 1 amide bonds. The molecule has 0 unspecified atom stereocenters. The van der Waals surface area contributed by atoms with Gasteiger partial charge in [-0.2, -0.15) is 4.98 Å². The molecule has 3 heterocycles. The minimum atomic E-state index is 0.0218. The lowest BCUT2D eigenvalue weighted by atomic mass is 10.0. The summed E-state index contributed by atoms with van der Waals surface area (Å²) in [4.78, 5) is 21.9. The highest BCUT2D eigenvalue weighted by Gasteiger charge is 2.30. The highest BCUT2D eigenvalue weighted by molar-refractivity contribution is 5.93. The zero-order chi connectivity index (χ0) is 24.3.